The number of anilines is 2. The summed E-state index contributed by atoms with van der Waals surface area (Å²) < 4.78 is 0. The monoisotopic (exact) mass is 489 g/mol. The van der Waals surface area contributed by atoms with Crippen molar-refractivity contribution >= 4 is 34.8 Å². The van der Waals surface area contributed by atoms with Gasteiger partial charge in [0.2, 0.25) is 11.8 Å². The molecule has 0 aliphatic heterocycles. The molecule has 182 valence electrons. The Bertz CT molecular complexity index is 1220. The third-order valence-electron chi connectivity index (χ3n) is 6.65. The van der Waals surface area contributed by atoms with Crippen molar-refractivity contribution in [3.63, 3.8) is 0 Å². The zero-order valence-corrected chi connectivity index (χ0v) is 21.3. The SMILES string of the molecule is Cc1c(NC(=O)CCc2cccc(Cl)c2)ccc2c1CCC2Nc1ccc(CC(=O)N(C)C)cc1. The number of aryl methyl sites for hydroxylation is 1. The summed E-state index contributed by atoms with van der Waals surface area (Å²) in [4.78, 5) is 26.1. The lowest BCUT2D eigenvalue weighted by atomic mass is 10.0. The van der Waals surface area contributed by atoms with Crippen LogP contribution in [-0.4, -0.2) is 30.8 Å². The number of carbonyl (C=O) groups excluding carboxylic acids is 2. The molecule has 35 heavy (non-hydrogen) atoms. The van der Waals surface area contributed by atoms with E-state index in [9.17, 15) is 9.59 Å². The lowest BCUT2D eigenvalue weighted by Gasteiger charge is -2.18. The standard InChI is InChI=1S/C29H32ClN3O2/c1-19-24-12-15-27(31-23-10-7-21(8-11-23)18-29(35)33(2)3)25(24)13-14-26(19)32-28(34)16-9-20-5-4-6-22(30)17-20/h4-8,10-11,13-14,17,27,31H,9,12,15-16,18H2,1-3H3,(H,32,34). The highest BCUT2D eigenvalue weighted by atomic mass is 35.5. The van der Waals surface area contributed by atoms with Crippen LogP contribution < -0.4 is 10.6 Å². The molecule has 1 unspecified atom stereocenters. The van der Waals surface area contributed by atoms with Crippen molar-refractivity contribution in [1.82, 2.24) is 4.90 Å². The Morgan fingerprint density at radius 1 is 1.03 bits per heavy atom. The Kier molecular flexibility index (Phi) is 7.76. The van der Waals surface area contributed by atoms with Gasteiger partial charge in [0.05, 0.1) is 12.5 Å². The van der Waals surface area contributed by atoms with E-state index in [1.807, 2.05) is 54.6 Å². The first-order valence-electron chi connectivity index (χ1n) is 12.0. The van der Waals surface area contributed by atoms with E-state index in [0.29, 0.717) is 24.3 Å². The second-order valence-corrected chi connectivity index (χ2v) is 9.82. The van der Waals surface area contributed by atoms with E-state index in [-0.39, 0.29) is 17.9 Å². The average molecular weight is 490 g/mol. The zero-order chi connectivity index (χ0) is 24.9. The van der Waals surface area contributed by atoms with Gasteiger partial charge in [-0.05, 0) is 84.3 Å². The third-order valence-corrected chi connectivity index (χ3v) is 6.88. The fourth-order valence-electron chi connectivity index (χ4n) is 4.58. The Labute approximate surface area is 212 Å². The second kappa shape index (κ2) is 11.0. The van der Waals surface area contributed by atoms with Crippen LogP contribution in [0.3, 0.4) is 0 Å². The van der Waals surface area contributed by atoms with Gasteiger partial charge in [-0.15, -0.1) is 0 Å². The van der Waals surface area contributed by atoms with E-state index < -0.39 is 0 Å². The van der Waals surface area contributed by atoms with Crippen molar-refractivity contribution in [2.24, 2.45) is 0 Å². The molecule has 1 aliphatic rings. The minimum absolute atomic E-state index is 0.00790. The molecule has 6 heteroatoms. The summed E-state index contributed by atoms with van der Waals surface area (Å²) in [5.74, 6) is 0.104. The van der Waals surface area contributed by atoms with Gasteiger partial charge < -0.3 is 15.5 Å². The minimum atomic E-state index is 0.00790. The van der Waals surface area contributed by atoms with Crippen molar-refractivity contribution < 1.29 is 9.59 Å². The molecule has 1 aliphatic carbocycles. The van der Waals surface area contributed by atoms with Gasteiger partial charge in [-0.2, -0.15) is 0 Å². The van der Waals surface area contributed by atoms with Gasteiger partial charge in [0, 0.05) is 36.9 Å². The number of halogens is 1. The average Bonchev–Trinajstić information content (AvgIpc) is 3.24. The van der Waals surface area contributed by atoms with E-state index in [4.69, 9.17) is 11.6 Å². The van der Waals surface area contributed by atoms with E-state index >= 15 is 0 Å². The van der Waals surface area contributed by atoms with Crippen LogP contribution >= 0.6 is 11.6 Å². The van der Waals surface area contributed by atoms with Crippen molar-refractivity contribution in [3.05, 3.63) is 93.5 Å². The minimum Gasteiger partial charge on any atom is -0.378 e. The molecule has 5 nitrogen and oxygen atoms in total. The Balaban J connectivity index is 1.37. The fraction of sp³-hybridized carbons (Fsp3) is 0.310. The van der Waals surface area contributed by atoms with Gasteiger partial charge in [-0.3, -0.25) is 9.59 Å². The number of benzene rings is 3. The van der Waals surface area contributed by atoms with E-state index in [1.54, 1.807) is 19.0 Å². The molecule has 0 bridgehead atoms. The van der Waals surface area contributed by atoms with E-state index in [1.165, 1.54) is 11.1 Å². The Morgan fingerprint density at radius 3 is 2.51 bits per heavy atom. The van der Waals surface area contributed by atoms with Crippen LogP contribution in [0.1, 0.15) is 46.7 Å². The van der Waals surface area contributed by atoms with Crippen LogP contribution in [0, 0.1) is 6.92 Å². The number of likely N-dealkylation sites (N-methyl/N-ethyl adjacent to an activating group) is 1. The van der Waals surface area contributed by atoms with Crippen LogP contribution in [0.5, 0.6) is 0 Å². The van der Waals surface area contributed by atoms with Crippen LogP contribution in [-0.2, 0) is 28.9 Å². The summed E-state index contributed by atoms with van der Waals surface area (Å²) in [7, 11) is 3.55. The lowest BCUT2D eigenvalue weighted by molar-refractivity contribution is -0.128. The highest BCUT2D eigenvalue weighted by Crippen LogP contribution is 2.38. The van der Waals surface area contributed by atoms with Crippen LogP contribution in [0.25, 0.3) is 0 Å². The first kappa shape index (κ1) is 24.8. The molecule has 3 aromatic carbocycles. The molecule has 1 atom stereocenters. The Morgan fingerprint density at radius 2 is 1.80 bits per heavy atom. The van der Waals surface area contributed by atoms with Gasteiger partial charge >= 0.3 is 0 Å². The van der Waals surface area contributed by atoms with E-state index in [0.717, 1.165) is 40.9 Å². The molecule has 0 fully saturated rings. The topological polar surface area (TPSA) is 61.4 Å². The number of carbonyl (C=O) groups is 2. The number of hydrogen-bond acceptors (Lipinski definition) is 3. The highest BCUT2D eigenvalue weighted by Gasteiger charge is 2.25. The number of nitrogens with zero attached hydrogens (tertiary/aromatic N) is 1. The molecule has 2 N–H and O–H groups in total. The molecular formula is C29H32ClN3O2. The van der Waals surface area contributed by atoms with Crippen molar-refractivity contribution in [1.29, 1.82) is 0 Å². The largest absolute Gasteiger partial charge is 0.378 e. The summed E-state index contributed by atoms with van der Waals surface area (Å²) in [6, 6.07) is 20.1. The molecule has 0 aromatic heterocycles. The molecule has 0 saturated carbocycles. The number of hydrogen-bond donors (Lipinski definition) is 2. The first-order valence-corrected chi connectivity index (χ1v) is 12.4. The molecule has 0 saturated heterocycles. The summed E-state index contributed by atoms with van der Waals surface area (Å²) in [5, 5.41) is 7.42. The van der Waals surface area contributed by atoms with Gasteiger partial charge in [0.1, 0.15) is 0 Å². The highest BCUT2D eigenvalue weighted by molar-refractivity contribution is 6.30. The molecule has 2 amide bonds. The second-order valence-electron chi connectivity index (χ2n) is 9.38. The molecular weight excluding hydrogens is 458 g/mol. The van der Waals surface area contributed by atoms with Gasteiger partial charge in [0.15, 0.2) is 0 Å². The van der Waals surface area contributed by atoms with Crippen molar-refractivity contribution in [3.8, 4) is 0 Å². The predicted octanol–water partition coefficient (Wildman–Crippen LogP) is 5.95. The first-order chi connectivity index (χ1) is 16.8. The van der Waals surface area contributed by atoms with Crippen LogP contribution in [0.15, 0.2) is 60.7 Å². The zero-order valence-electron chi connectivity index (χ0n) is 20.5. The summed E-state index contributed by atoms with van der Waals surface area (Å²) in [5.41, 5.74) is 7.72. The quantitative estimate of drug-likeness (QED) is 0.411. The predicted molar refractivity (Wildman–Crippen MR) is 143 cm³/mol. The molecule has 0 heterocycles. The van der Waals surface area contributed by atoms with Gasteiger partial charge in [0.25, 0.3) is 0 Å². The van der Waals surface area contributed by atoms with Crippen molar-refractivity contribution in [2.75, 3.05) is 24.7 Å². The van der Waals surface area contributed by atoms with Crippen LogP contribution in [0.2, 0.25) is 5.02 Å². The maximum absolute atomic E-state index is 12.6. The number of rotatable bonds is 8. The molecule has 0 spiro atoms. The maximum atomic E-state index is 12.6. The molecule has 4 rings (SSSR count). The number of fused-ring (bicyclic) bond motifs is 1. The summed E-state index contributed by atoms with van der Waals surface area (Å²) in [6.07, 6.45) is 3.46. The lowest BCUT2D eigenvalue weighted by Crippen LogP contribution is -2.23. The summed E-state index contributed by atoms with van der Waals surface area (Å²) >= 11 is 6.04. The maximum Gasteiger partial charge on any atom is 0.226 e. The van der Waals surface area contributed by atoms with Crippen molar-refractivity contribution in [2.45, 2.75) is 45.1 Å². The smallest absolute Gasteiger partial charge is 0.226 e. The third kappa shape index (κ3) is 6.23. The van der Waals surface area contributed by atoms with Gasteiger partial charge in [-0.1, -0.05) is 41.9 Å². The molecule has 0 radical (unpaired) electrons. The normalized spacial score (nSPS) is 14.3. The Hall–Kier alpha value is -3.31. The van der Waals surface area contributed by atoms with Crippen LogP contribution in [0.4, 0.5) is 11.4 Å². The van der Waals surface area contributed by atoms with Gasteiger partial charge in [-0.25, -0.2) is 0 Å². The number of amides is 2. The fourth-order valence-corrected chi connectivity index (χ4v) is 4.79. The summed E-state index contributed by atoms with van der Waals surface area (Å²) in [6.45, 7) is 2.09. The molecule has 3 aromatic rings. The van der Waals surface area contributed by atoms with E-state index in [2.05, 4.69) is 23.6 Å². The number of nitrogens with one attached hydrogen (secondary N) is 2.